The highest BCUT2D eigenvalue weighted by atomic mass is 35.5. The second kappa shape index (κ2) is 6.34. The summed E-state index contributed by atoms with van der Waals surface area (Å²) in [6.07, 6.45) is -2.83. The van der Waals surface area contributed by atoms with Crippen LogP contribution in [0.15, 0.2) is 24.3 Å². The van der Waals surface area contributed by atoms with Gasteiger partial charge in [-0.1, -0.05) is 0 Å². The Morgan fingerprint density at radius 3 is 2.11 bits per heavy atom. The van der Waals surface area contributed by atoms with Crippen molar-refractivity contribution in [3.05, 3.63) is 24.3 Å². The van der Waals surface area contributed by atoms with Crippen molar-refractivity contribution in [3.63, 3.8) is 0 Å². The molecule has 108 valence electrons. The molecule has 1 aliphatic rings. The predicted octanol–water partition coefficient (Wildman–Crippen LogP) is 2.93. The lowest BCUT2D eigenvalue weighted by Gasteiger charge is -2.32. The molecule has 2 N–H and O–H groups in total. The van der Waals surface area contributed by atoms with Crippen molar-refractivity contribution in [1.29, 1.82) is 0 Å². The van der Waals surface area contributed by atoms with E-state index in [4.69, 9.17) is 5.73 Å². The number of nitrogens with zero attached hydrogens (tertiary/aromatic N) is 1. The highest BCUT2D eigenvalue weighted by molar-refractivity contribution is 5.85. The van der Waals surface area contributed by atoms with Crippen LogP contribution in [0.25, 0.3) is 0 Å². The van der Waals surface area contributed by atoms with Gasteiger partial charge in [-0.15, -0.1) is 25.6 Å². The third kappa shape index (κ3) is 4.80. The fourth-order valence-electron chi connectivity index (χ4n) is 2.02. The van der Waals surface area contributed by atoms with Crippen molar-refractivity contribution in [3.8, 4) is 5.75 Å². The summed E-state index contributed by atoms with van der Waals surface area (Å²) in [5.41, 5.74) is 6.70. The van der Waals surface area contributed by atoms with Gasteiger partial charge < -0.3 is 15.4 Å². The fraction of sp³-hybridized carbons (Fsp3) is 0.500. The summed E-state index contributed by atoms with van der Waals surface area (Å²) in [6, 6.07) is 6.17. The van der Waals surface area contributed by atoms with Crippen LogP contribution in [0.1, 0.15) is 12.8 Å². The molecule has 0 spiro atoms. The number of hydrogen-bond acceptors (Lipinski definition) is 3. The molecule has 1 fully saturated rings. The molecule has 0 amide bonds. The van der Waals surface area contributed by atoms with Crippen LogP contribution in [0.3, 0.4) is 0 Å². The summed E-state index contributed by atoms with van der Waals surface area (Å²) in [5.74, 6) is -0.194. The summed E-state index contributed by atoms with van der Waals surface area (Å²) in [7, 11) is 0. The van der Waals surface area contributed by atoms with Crippen molar-refractivity contribution >= 4 is 18.1 Å². The van der Waals surface area contributed by atoms with E-state index in [2.05, 4.69) is 9.64 Å². The lowest BCUT2D eigenvalue weighted by Crippen LogP contribution is -2.39. The Morgan fingerprint density at radius 1 is 1.11 bits per heavy atom. The minimum atomic E-state index is -4.64. The highest BCUT2D eigenvalue weighted by Gasteiger charge is 2.31. The zero-order valence-electron chi connectivity index (χ0n) is 10.2. The molecule has 0 unspecified atom stereocenters. The molecule has 1 heterocycles. The number of anilines is 1. The molecule has 0 radical (unpaired) electrons. The van der Waals surface area contributed by atoms with Crippen LogP contribution < -0.4 is 15.4 Å². The zero-order valence-corrected chi connectivity index (χ0v) is 11.0. The van der Waals surface area contributed by atoms with Gasteiger partial charge in [0.2, 0.25) is 0 Å². The van der Waals surface area contributed by atoms with Gasteiger partial charge in [0.25, 0.3) is 0 Å². The van der Waals surface area contributed by atoms with Crippen LogP contribution >= 0.6 is 12.4 Å². The van der Waals surface area contributed by atoms with Crippen LogP contribution in [0, 0.1) is 0 Å². The van der Waals surface area contributed by atoms with Crippen LogP contribution in [0.2, 0.25) is 0 Å². The van der Waals surface area contributed by atoms with E-state index < -0.39 is 6.36 Å². The molecule has 2 rings (SSSR count). The Kier molecular flexibility index (Phi) is 5.31. The van der Waals surface area contributed by atoms with Crippen molar-refractivity contribution in [2.45, 2.75) is 25.2 Å². The number of benzene rings is 1. The van der Waals surface area contributed by atoms with E-state index in [9.17, 15) is 13.2 Å². The Balaban J connectivity index is 0.00000180. The predicted molar refractivity (Wildman–Crippen MR) is 69.8 cm³/mol. The largest absolute Gasteiger partial charge is 0.573 e. The molecule has 1 aromatic carbocycles. The zero-order chi connectivity index (χ0) is 13.2. The molecule has 3 nitrogen and oxygen atoms in total. The lowest BCUT2D eigenvalue weighted by atomic mass is 10.1. The molecule has 7 heteroatoms. The standard InChI is InChI=1S/C12H15F3N2O.ClH/c13-12(14,15)18-11-3-1-10(2-4-11)17-7-5-9(16)6-8-17;/h1-4,9H,5-8,16H2;1H. The molecule has 0 saturated carbocycles. The van der Waals surface area contributed by atoms with Gasteiger partial charge in [0.15, 0.2) is 0 Å². The summed E-state index contributed by atoms with van der Waals surface area (Å²) in [6.45, 7) is 1.67. The Hall–Kier alpha value is -1.14. The van der Waals surface area contributed by atoms with Crippen LogP contribution in [0.5, 0.6) is 5.75 Å². The van der Waals surface area contributed by atoms with Crippen molar-refractivity contribution in [1.82, 2.24) is 0 Å². The topological polar surface area (TPSA) is 38.5 Å². The summed E-state index contributed by atoms with van der Waals surface area (Å²) >= 11 is 0. The van der Waals surface area contributed by atoms with Gasteiger partial charge in [0, 0.05) is 24.8 Å². The van der Waals surface area contributed by atoms with Gasteiger partial charge in [0.05, 0.1) is 0 Å². The maximum absolute atomic E-state index is 12.0. The first-order valence-corrected chi connectivity index (χ1v) is 5.80. The monoisotopic (exact) mass is 296 g/mol. The first-order valence-electron chi connectivity index (χ1n) is 5.80. The molecule has 0 bridgehead atoms. The van der Waals surface area contributed by atoms with Crippen molar-refractivity contribution in [2.24, 2.45) is 5.73 Å². The van der Waals surface area contributed by atoms with E-state index in [0.717, 1.165) is 31.6 Å². The van der Waals surface area contributed by atoms with E-state index >= 15 is 0 Å². The van der Waals surface area contributed by atoms with Crippen LogP contribution in [-0.2, 0) is 0 Å². The van der Waals surface area contributed by atoms with Gasteiger partial charge in [0.1, 0.15) is 5.75 Å². The van der Waals surface area contributed by atoms with Gasteiger partial charge >= 0.3 is 6.36 Å². The summed E-state index contributed by atoms with van der Waals surface area (Å²) in [5, 5.41) is 0. The first-order chi connectivity index (χ1) is 8.44. The molecular formula is C12H16ClF3N2O. The Labute approximate surface area is 115 Å². The van der Waals surface area contributed by atoms with E-state index in [1.165, 1.54) is 12.1 Å². The molecule has 1 aromatic rings. The SMILES string of the molecule is Cl.NC1CCN(c2ccc(OC(F)(F)F)cc2)CC1. The quantitative estimate of drug-likeness (QED) is 0.912. The normalized spacial score (nSPS) is 16.9. The molecule has 0 atom stereocenters. The van der Waals surface area contributed by atoms with Gasteiger partial charge in [-0.2, -0.15) is 0 Å². The molecule has 1 aliphatic heterocycles. The van der Waals surface area contributed by atoms with Crippen molar-refractivity contribution < 1.29 is 17.9 Å². The van der Waals surface area contributed by atoms with Crippen molar-refractivity contribution in [2.75, 3.05) is 18.0 Å². The van der Waals surface area contributed by atoms with E-state index in [1.54, 1.807) is 12.1 Å². The molecule has 19 heavy (non-hydrogen) atoms. The molecule has 0 aromatic heterocycles. The fourth-order valence-corrected chi connectivity index (χ4v) is 2.02. The Morgan fingerprint density at radius 2 is 1.63 bits per heavy atom. The Bertz CT molecular complexity index is 389. The smallest absolute Gasteiger partial charge is 0.406 e. The number of piperidine rings is 1. The van der Waals surface area contributed by atoms with Gasteiger partial charge in [-0.05, 0) is 37.1 Å². The van der Waals surface area contributed by atoms with Crippen LogP contribution in [0.4, 0.5) is 18.9 Å². The second-order valence-electron chi connectivity index (χ2n) is 4.37. The van der Waals surface area contributed by atoms with Crippen LogP contribution in [-0.4, -0.2) is 25.5 Å². The molecule has 1 saturated heterocycles. The number of alkyl halides is 3. The number of halogens is 4. The highest BCUT2D eigenvalue weighted by Crippen LogP contribution is 2.26. The van der Waals surface area contributed by atoms with E-state index in [1.807, 2.05) is 0 Å². The average molecular weight is 297 g/mol. The lowest BCUT2D eigenvalue weighted by molar-refractivity contribution is -0.274. The summed E-state index contributed by atoms with van der Waals surface area (Å²) < 4.78 is 39.8. The molecular weight excluding hydrogens is 281 g/mol. The maximum atomic E-state index is 12.0. The third-order valence-electron chi connectivity index (χ3n) is 2.98. The first kappa shape index (κ1) is 15.9. The number of rotatable bonds is 2. The number of ether oxygens (including phenoxy) is 1. The minimum Gasteiger partial charge on any atom is -0.406 e. The van der Waals surface area contributed by atoms with E-state index in [-0.39, 0.29) is 24.2 Å². The third-order valence-corrected chi connectivity index (χ3v) is 2.98. The second-order valence-corrected chi connectivity index (χ2v) is 4.37. The number of nitrogens with two attached hydrogens (primary N) is 1. The summed E-state index contributed by atoms with van der Waals surface area (Å²) in [4.78, 5) is 2.11. The molecule has 0 aliphatic carbocycles. The van der Waals surface area contributed by atoms with E-state index in [0.29, 0.717) is 0 Å². The van der Waals surface area contributed by atoms with Gasteiger partial charge in [-0.25, -0.2) is 0 Å². The average Bonchev–Trinajstić information content (AvgIpc) is 2.29. The van der Waals surface area contributed by atoms with Gasteiger partial charge in [-0.3, -0.25) is 0 Å². The number of hydrogen-bond donors (Lipinski definition) is 1. The maximum Gasteiger partial charge on any atom is 0.573 e. The minimum absolute atomic E-state index is 0.